The molecule has 4 aromatic rings. The second kappa shape index (κ2) is 12.2. The van der Waals surface area contributed by atoms with Gasteiger partial charge in [0, 0.05) is 58.4 Å². The molecule has 2 aliphatic heterocycles. The number of likely N-dealkylation sites (N-methyl/N-ethyl adjacent to an activating group) is 1. The smallest absolute Gasteiger partial charge is 0.409 e. The summed E-state index contributed by atoms with van der Waals surface area (Å²) < 4.78 is 57.8. The van der Waals surface area contributed by atoms with Gasteiger partial charge in [-0.25, -0.2) is 22.9 Å². The van der Waals surface area contributed by atoms with Crippen LogP contribution in [0.3, 0.4) is 0 Å². The fourth-order valence-electron chi connectivity index (χ4n) is 6.49. The van der Waals surface area contributed by atoms with E-state index in [4.69, 9.17) is 15.2 Å². The van der Waals surface area contributed by atoms with Gasteiger partial charge in [0.1, 0.15) is 17.3 Å². The van der Waals surface area contributed by atoms with Crippen molar-refractivity contribution in [1.29, 1.82) is 0 Å². The highest BCUT2D eigenvalue weighted by atomic mass is 19.1. The summed E-state index contributed by atoms with van der Waals surface area (Å²) in [7, 11) is 3.02. The summed E-state index contributed by atoms with van der Waals surface area (Å²) in [5, 5.41) is 7.76. The standard InChI is InChI=1S/C31H35F3N8O3/c1-18-16-41(17-23(35)28(18)40(2)30(43)44-3)26-6-9-36-15-25(26)38-29-37-14-20-4-5-24(39-42(20)29)27-21(32)12-19(13-22(27)33)31(34)7-10-45-11-8-31/h4-6,9,12-15,18,23,28H,7-8,10-11,16-17,35H2,1-3H3,(H,37,38)/t18-,23+,28-/m0/s1. The van der Waals surface area contributed by atoms with Gasteiger partial charge in [-0.1, -0.05) is 6.92 Å². The molecule has 2 saturated heterocycles. The zero-order chi connectivity index (χ0) is 31.9. The largest absolute Gasteiger partial charge is 0.453 e. The first kappa shape index (κ1) is 30.6. The number of anilines is 3. The molecule has 0 spiro atoms. The highest BCUT2D eigenvalue weighted by Crippen LogP contribution is 2.39. The zero-order valence-electron chi connectivity index (χ0n) is 25.2. The second-order valence-corrected chi connectivity index (χ2v) is 11.7. The van der Waals surface area contributed by atoms with Crippen LogP contribution in [0, 0.1) is 17.6 Å². The number of piperidine rings is 1. The summed E-state index contributed by atoms with van der Waals surface area (Å²) >= 11 is 0. The van der Waals surface area contributed by atoms with Crippen LogP contribution in [-0.2, 0) is 15.1 Å². The number of halogens is 3. The number of hydrogen-bond donors (Lipinski definition) is 2. The van der Waals surface area contributed by atoms with Gasteiger partial charge in [0.25, 0.3) is 0 Å². The van der Waals surface area contributed by atoms with Gasteiger partial charge in [-0.15, -0.1) is 0 Å². The van der Waals surface area contributed by atoms with Gasteiger partial charge < -0.3 is 30.3 Å². The van der Waals surface area contributed by atoms with Gasteiger partial charge in [-0.2, -0.15) is 9.61 Å². The predicted octanol–water partition coefficient (Wildman–Crippen LogP) is 4.64. The van der Waals surface area contributed by atoms with Crippen LogP contribution in [0.4, 0.5) is 35.3 Å². The van der Waals surface area contributed by atoms with Crippen LogP contribution in [0.1, 0.15) is 25.3 Å². The summed E-state index contributed by atoms with van der Waals surface area (Å²) in [6, 6.07) is 6.51. The molecule has 11 nitrogen and oxygen atoms in total. The molecule has 14 heteroatoms. The third-order valence-electron chi connectivity index (χ3n) is 8.74. The van der Waals surface area contributed by atoms with Crippen LogP contribution in [0.25, 0.3) is 16.8 Å². The average molecular weight is 625 g/mol. The summed E-state index contributed by atoms with van der Waals surface area (Å²) in [4.78, 5) is 24.5. The van der Waals surface area contributed by atoms with Gasteiger partial charge in [0.15, 0.2) is 0 Å². The molecule has 6 rings (SSSR count). The minimum atomic E-state index is -1.85. The predicted molar refractivity (Wildman–Crippen MR) is 162 cm³/mol. The lowest BCUT2D eigenvalue weighted by Crippen LogP contribution is -2.62. The Morgan fingerprint density at radius 3 is 2.58 bits per heavy atom. The summed E-state index contributed by atoms with van der Waals surface area (Å²) in [6.07, 6.45) is 4.51. The van der Waals surface area contributed by atoms with Gasteiger partial charge in [0.05, 0.1) is 53.7 Å². The highest BCUT2D eigenvalue weighted by Gasteiger charge is 2.38. The Bertz CT molecular complexity index is 1680. The van der Waals surface area contributed by atoms with Crippen LogP contribution >= 0.6 is 0 Å². The second-order valence-electron chi connectivity index (χ2n) is 11.7. The fraction of sp³-hybridized carbons (Fsp3) is 0.419. The van der Waals surface area contributed by atoms with Gasteiger partial charge in [0.2, 0.25) is 5.95 Å². The third kappa shape index (κ3) is 5.75. The number of methoxy groups -OCH3 is 1. The van der Waals surface area contributed by atoms with Crippen molar-refractivity contribution < 1.29 is 27.4 Å². The number of nitrogens with two attached hydrogens (primary N) is 1. The fourth-order valence-corrected chi connectivity index (χ4v) is 6.49. The Kier molecular flexibility index (Phi) is 8.27. The Labute approximate surface area is 258 Å². The first-order valence-corrected chi connectivity index (χ1v) is 14.7. The maximum absolute atomic E-state index is 15.5. The number of nitrogens with zero attached hydrogens (tertiary/aromatic N) is 6. The quantitative estimate of drug-likeness (QED) is 0.316. The number of rotatable bonds is 6. The molecule has 5 heterocycles. The molecule has 2 aliphatic rings. The molecule has 1 aromatic carbocycles. The van der Waals surface area contributed by atoms with E-state index < -0.39 is 23.4 Å². The van der Waals surface area contributed by atoms with E-state index in [1.165, 1.54) is 22.6 Å². The lowest BCUT2D eigenvalue weighted by molar-refractivity contribution is -0.0117. The van der Waals surface area contributed by atoms with Crippen LogP contribution in [0.2, 0.25) is 0 Å². The van der Waals surface area contributed by atoms with E-state index in [1.54, 1.807) is 31.7 Å². The van der Waals surface area contributed by atoms with E-state index in [-0.39, 0.29) is 60.9 Å². The SMILES string of the molecule is COC(=O)N(C)[C@@H]1[C@H](N)CN(c2ccncc2Nc2ncc3ccc(-c4c(F)cc(C5(F)CCOCC5)cc4F)nn23)C[C@@H]1C. The van der Waals surface area contributed by atoms with Crippen molar-refractivity contribution in [1.82, 2.24) is 24.5 Å². The highest BCUT2D eigenvalue weighted by molar-refractivity contribution is 5.74. The molecule has 0 unspecified atom stereocenters. The molecule has 3 atom stereocenters. The van der Waals surface area contributed by atoms with E-state index in [0.29, 0.717) is 30.2 Å². The van der Waals surface area contributed by atoms with Gasteiger partial charge in [-0.3, -0.25) is 4.98 Å². The first-order valence-electron chi connectivity index (χ1n) is 14.7. The number of imidazole rings is 1. The molecule has 45 heavy (non-hydrogen) atoms. The molecule has 1 amide bonds. The molecule has 0 bridgehead atoms. The minimum absolute atomic E-state index is 0.0187. The van der Waals surface area contributed by atoms with Crippen molar-refractivity contribution >= 4 is 28.9 Å². The lowest BCUT2D eigenvalue weighted by atomic mass is 9.87. The number of carbonyl (C=O) groups is 1. The summed E-state index contributed by atoms with van der Waals surface area (Å²) in [5.74, 6) is -1.50. The molecule has 0 saturated carbocycles. The third-order valence-corrected chi connectivity index (χ3v) is 8.74. The number of ether oxygens (including phenoxy) is 2. The van der Waals surface area contributed by atoms with Gasteiger partial charge in [-0.05, 0) is 41.8 Å². The number of alkyl halides is 1. The van der Waals surface area contributed by atoms with Crippen LogP contribution in [0.5, 0.6) is 0 Å². The van der Waals surface area contributed by atoms with Crippen LogP contribution in [-0.4, -0.2) is 83.1 Å². The average Bonchev–Trinajstić information content (AvgIpc) is 3.42. The number of nitrogens with one attached hydrogen (secondary N) is 1. The van der Waals surface area contributed by atoms with Crippen molar-refractivity contribution in [2.75, 3.05) is 50.7 Å². The Morgan fingerprint density at radius 1 is 1.16 bits per heavy atom. The molecule has 3 N–H and O–H groups in total. The number of benzene rings is 1. The number of fused-ring (bicyclic) bond motifs is 1. The zero-order valence-corrected chi connectivity index (χ0v) is 25.2. The normalized spacial score (nSPS) is 21.5. The topological polar surface area (TPSA) is 123 Å². The van der Waals surface area contributed by atoms with E-state index >= 15 is 13.2 Å². The summed E-state index contributed by atoms with van der Waals surface area (Å²) in [6.45, 7) is 3.46. The van der Waals surface area contributed by atoms with E-state index in [2.05, 4.69) is 25.3 Å². The van der Waals surface area contributed by atoms with Crippen molar-refractivity contribution in [2.24, 2.45) is 11.7 Å². The van der Waals surface area contributed by atoms with Crippen LogP contribution in [0.15, 0.2) is 48.9 Å². The Balaban J connectivity index is 1.28. The molecule has 238 valence electrons. The molecular weight excluding hydrogens is 589 g/mol. The molecule has 2 fully saturated rings. The molecular formula is C31H35F3N8O3. The number of pyridine rings is 1. The number of amides is 1. The number of aromatic nitrogens is 4. The summed E-state index contributed by atoms with van der Waals surface area (Å²) in [5.41, 5.74) is 6.32. The first-order chi connectivity index (χ1) is 21.6. The lowest BCUT2D eigenvalue weighted by Gasteiger charge is -2.45. The van der Waals surface area contributed by atoms with Crippen molar-refractivity contribution in [3.63, 3.8) is 0 Å². The molecule has 0 aliphatic carbocycles. The van der Waals surface area contributed by atoms with E-state index in [9.17, 15) is 4.79 Å². The maximum Gasteiger partial charge on any atom is 0.409 e. The Morgan fingerprint density at radius 2 is 1.89 bits per heavy atom. The van der Waals surface area contributed by atoms with Gasteiger partial charge >= 0.3 is 6.09 Å². The Hall–Kier alpha value is -4.43. The molecule has 3 aromatic heterocycles. The number of hydrogen-bond acceptors (Lipinski definition) is 9. The van der Waals surface area contributed by atoms with E-state index in [1.807, 2.05) is 13.0 Å². The molecule has 0 radical (unpaired) electrons. The minimum Gasteiger partial charge on any atom is -0.453 e. The maximum atomic E-state index is 15.5. The van der Waals surface area contributed by atoms with E-state index in [0.717, 1.165) is 17.8 Å². The van der Waals surface area contributed by atoms with Crippen molar-refractivity contribution in [3.05, 3.63) is 66.1 Å². The van der Waals surface area contributed by atoms with Crippen LogP contribution < -0.4 is 16.0 Å². The van der Waals surface area contributed by atoms with Crippen molar-refractivity contribution in [3.8, 4) is 11.3 Å². The number of carbonyl (C=O) groups excluding carboxylic acids is 1. The monoisotopic (exact) mass is 624 g/mol. The van der Waals surface area contributed by atoms with Crippen molar-refractivity contribution in [2.45, 2.75) is 37.5 Å².